The van der Waals surface area contributed by atoms with Crippen LogP contribution >= 0.6 is 22.6 Å². The summed E-state index contributed by atoms with van der Waals surface area (Å²) >= 11 is 2.16. The zero-order valence-corrected chi connectivity index (χ0v) is 10.4. The second kappa shape index (κ2) is 4.20. The molecule has 1 heterocycles. The molecular weight excluding hydrogens is 323 g/mol. The van der Waals surface area contributed by atoms with E-state index >= 15 is 0 Å². The molecule has 0 saturated carbocycles. The lowest BCUT2D eigenvalue weighted by molar-refractivity contribution is 0.0654. The van der Waals surface area contributed by atoms with Gasteiger partial charge in [0.25, 0.3) is 0 Å². The Morgan fingerprint density at radius 2 is 2.19 bits per heavy atom. The fourth-order valence-corrected chi connectivity index (χ4v) is 1.82. The zero-order valence-electron chi connectivity index (χ0n) is 8.27. The van der Waals surface area contributed by atoms with Gasteiger partial charge in [-0.1, -0.05) is 12.1 Å². The van der Waals surface area contributed by atoms with Gasteiger partial charge in [-0.05, 0) is 41.1 Å². The summed E-state index contributed by atoms with van der Waals surface area (Å²) in [6, 6.07) is 5.63. The summed E-state index contributed by atoms with van der Waals surface area (Å²) in [7, 11) is 0. The van der Waals surface area contributed by atoms with Crippen molar-refractivity contribution in [1.82, 2.24) is 10.2 Å². The van der Waals surface area contributed by atoms with Gasteiger partial charge in [-0.3, -0.25) is 0 Å². The number of rotatable bonds is 2. The quantitative estimate of drug-likeness (QED) is 0.856. The second-order valence-electron chi connectivity index (χ2n) is 3.15. The van der Waals surface area contributed by atoms with Gasteiger partial charge >= 0.3 is 11.9 Å². The van der Waals surface area contributed by atoms with Crippen LogP contribution < -0.4 is 0 Å². The number of carbonyl (C=O) groups is 1. The van der Waals surface area contributed by atoms with Crippen LogP contribution in [0.1, 0.15) is 16.2 Å². The Balaban J connectivity index is 2.50. The Bertz CT molecular complexity index is 551. The third-order valence-corrected chi connectivity index (χ3v) is 3.46. The minimum atomic E-state index is -1.22. The minimum absolute atomic E-state index is 0.227. The van der Waals surface area contributed by atoms with Gasteiger partial charge in [0.15, 0.2) is 0 Å². The van der Waals surface area contributed by atoms with Crippen LogP contribution in [0.4, 0.5) is 0 Å². The van der Waals surface area contributed by atoms with E-state index in [-0.39, 0.29) is 5.89 Å². The van der Waals surface area contributed by atoms with Crippen LogP contribution in [0, 0.1) is 10.5 Å². The fourth-order valence-electron chi connectivity index (χ4n) is 1.23. The molecule has 5 nitrogen and oxygen atoms in total. The highest BCUT2D eigenvalue weighted by Gasteiger charge is 2.16. The van der Waals surface area contributed by atoms with Gasteiger partial charge in [0.1, 0.15) is 0 Å². The average Bonchev–Trinajstić information content (AvgIpc) is 2.71. The lowest BCUT2D eigenvalue weighted by Gasteiger charge is -2.01. The van der Waals surface area contributed by atoms with E-state index in [1.54, 1.807) is 0 Å². The van der Waals surface area contributed by atoms with Crippen molar-refractivity contribution < 1.29 is 14.3 Å². The van der Waals surface area contributed by atoms with Gasteiger partial charge in [-0.25, -0.2) is 4.79 Å². The van der Waals surface area contributed by atoms with Gasteiger partial charge in [0.2, 0.25) is 5.89 Å². The Morgan fingerprint density at radius 3 is 2.81 bits per heavy atom. The highest BCUT2D eigenvalue weighted by molar-refractivity contribution is 14.1. The summed E-state index contributed by atoms with van der Waals surface area (Å²) in [5, 5.41) is 15.8. The molecule has 16 heavy (non-hydrogen) atoms. The average molecular weight is 330 g/mol. The highest BCUT2D eigenvalue weighted by Crippen LogP contribution is 2.26. The van der Waals surface area contributed by atoms with Crippen molar-refractivity contribution >= 4 is 28.6 Å². The Labute approximate surface area is 105 Å². The first-order valence-corrected chi connectivity index (χ1v) is 5.49. The molecule has 2 rings (SSSR count). The number of carboxylic acids is 1. The molecule has 1 aromatic carbocycles. The van der Waals surface area contributed by atoms with Crippen LogP contribution in [0.15, 0.2) is 22.6 Å². The van der Waals surface area contributed by atoms with Crippen LogP contribution in [0.5, 0.6) is 0 Å². The summed E-state index contributed by atoms with van der Waals surface area (Å²) < 4.78 is 6.01. The van der Waals surface area contributed by atoms with Crippen LogP contribution in [-0.2, 0) is 0 Å². The number of aromatic nitrogens is 2. The lowest BCUT2D eigenvalue weighted by atomic mass is 10.1. The van der Waals surface area contributed by atoms with Crippen molar-refractivity contribution in [3.63, 3.8) is 0 Å². The van der Waals surface area contributed by atoms with Crippen LogP contribution in [0.3, 0.4) is 0 Å². The summed E-state index contributed by atoms with van der Waals surface area (Å²) in [4.78, 5) is 10.6. The number of halogens is 1. The van der Waals surface area contributed by atoms with Gasteiger partial charge in [-0.15, -0.1) is 10.2 Å². The van der Waals surface area contributed by atoms with E-state index in [1.165, 1.54) is 0 Å². The predicted octanol–water partition coefficient (Wildman–Crippen LogP) is 2.35. The van der Waals surface area contributed by atoms with Gasteiger partial charge in [0, 0.05) is 3.57 Å². The zero-order chi connectivity index (χ0) is 11.7. The van der Waals surface area contributed by atoms with Crippen molar-refractivity contribution in [3.05, 3.63) is 33.2 Å². The Kier molecular flexibility index (Phi) is 2.90. The van der Waals surface area contributed by atoms with Crippen molar-refractivity contribution in [2.24, 2.45) is 0 Å². The maximum absolute atomic E-state index is 10.6. The third kappa shape index (κ3) is 1.92. The number of hydrogen-bond acceptors (Lipinski definition) is 4. The Morgan fingerprint density at radius 1 is 1.44 bits per heavy atom. The predicted molar refractivity (Wildman–Crippen MR) is 64.1 cm³/mol. The largest absolute Gasteiger partial charge is 0.474 e. The number of carboxylic acid groups (broad SMARTS) is 1. The number of nitrogens with zero attached hydrogens (tertiary/aromatic N) is 2. The Hall–Kier alpha value is -1.44. The number of aryl methyl sites for hydroxylation is 1. The second-order valence-corrected chi connectivity index (χ2v) is 4.23. The normalized spacial score (nSPS) is 10.4. The molecule has 2 aromatic rings. The molecule has 0 atom stereocenters. The first kappa shape index (κ1) is 11.1. The monoisotopic (exact) mass is 330 g/mol. The summed E-state index contributed by atoms with van der Waals surface area (Å²) in [5.74, 6) is -1.39. The molecule has 0 aliphatic rings. The van der Waals surface area contributed by atoms with E-state index in [0.717, 1.165) is 14.7 Å². The van der Waals surface area contributed by atoms with Crippen molar-refractivity contribution in [2.45, 2.75) is 6.92 Å². The first-order chi connectivity index (χ1) is 7.59. The molecule has 82 valence electrons. The topological polar surface area (TPSA) is 76.2 Å². The highest BCUT2D eigenvalue weighted by atomic mass is 127. The molecule has 0 fully saturated rings. The molecule has 0 bridgehead atoms. The SMILES string of the molecule is Cc1cccc(-c2nnc(C(=O)O)o2)c1I. The number of benzene rings is 1. The first-order valence-electron chi connectivity index (χ1n) is 4.42. The molecule has 0 aliphatic carbocycles. The number of aromatic carboxylic acids is 1. The minimum Gasteiger partial charge on any atom is -0.474 e. The van der Waals surface area contributed by atoms with Crippen molar-refractivity contribution in [3.8, 4) is 11.5 Å². The summed E-state index contributed by atoms with van der Waals surface area (Å²) in [6.07, 6.45) is 0. The molecule has 0 saturated heterocycles. The van der Waals surface area contributed by atoms with E-state index in [2.05, 4.69) is 32.8 Å². The van der Waals surface area contributed by atoms with Gasteiger partial charge in [0.05, 0.1) is 5.56 Å². The van der Waals surface area contributed by atoms with E-state index in [1.807, 2.05) is 25.1 Å². The van der Waals surface area contributed by atoms with Crippen molar-refractivity contribution in [2.75, 3.05) is 0 Å². The molecule has 0 spiro atoms. The summed E-state index contributed by atoms with van der Waals surface area (Å²) in [6.45, 7) is 1.96. The van der Waals surface area contributed by atoms with Crippen LogP contribution in [0.2, 0.25) is 0 Å². The van der Waals surface area contributed by atoms with E-state index in [9.17, 15) is 4.79 Å². The summed E-state index contributed by atoms with van der Waals surface area (Å²) in [5.41, 5.74) is 1.83. The van der Waals surface area contributed by atoms with E-state index < -0.39 is 11.9 Å². The fraction of sp³-hybridized carbons (Fsp3) is 0.100. The van der Waals surface area contributed by atoms with Gasteiger partial charge in [-0.2, -0.15) is 0 Å². The van der Waals surface area contributed by atoms with Crippen molar-refractivity contribution in [1.29, 1.82) is 0 Å². The van der Waals surface area contributed by atoms with Gasteiger partial charge < -0.3 is 9.52 Å². The maximum Gasteiger partial charge on any atom is 0.393 e. The standard InChI is InChI=1S/C10H7IN2O3/c1-5-3-2-4-6(7(5)11)8-12-13-9(16-8)10(14)15/h2-4H,1H3,(H,14,15). The number of hydrogen-bond donors (Lipinski definition) is 1. The maximum atomic E-state index is 10.6. The molecule has 1 N–H and O–H groups in total. The molecule has 0 amide bonds. The smallest absolute Gasteiger partial charge is 0.393 e. The molecule has 6 heteroatoms. The van der Waals surface area contributed by atoms with E-state index in [0.29, 0.717) is 0 Å². The molecule has 1 aromatic heterocycles. The van der Waals surface area contributed by atoms with Crippen LogP contribution in [0.25, 0.3) is 11.5 Å². The lowest BCUT2D eigenvalue weighted by Crippen LogP contribution is -1.95. The molecular formula is C10H7IN2O3. The molecule has 0 radical (unpaired) electrons. The molecule has 0 unspecified atom stereocenters. The third-order valence-electron chi connectivity index (χ3n) is 2.03. The van der Waals surface area contributed by atoms with E-state index in [4.69, 9.17) is 9.52 Å². The molecule has 0 aliphatic heterocycles. The van der Waals surface area contributed by atoms with Crippen LogP contribution in [-0.4, -0.2) is 21.3 Å².